The van der Waals surface area contributed by atoms with Crippen LogP contribution in [0.2, 0.25) is 5.02 Å². The van der Waals surface area contributed by atoms with Gasteiger partial charge in [0.15, 0.2) is 0 Å². The molecule has 1 saturated heterocycles. The topological polar surface area (TPSA) is 37.3 Å². The van der Waals surface area contributed by atoms with Gasteiger partial charge in [-0.15, -0.1) is 0 Å². The number of halogens is 1. The van der Waals surface area contributed by atoms with Crippen LogP contribution < -0.4 is 9.47 Å². The van der Waals surface area contributed by atoms with Gasteiger partial charge in [0.05, 0.1) is 26.1 Å². The van der Waals surface area contributed by atoms with Gasteiger partial charge in [-0.05, 0) is 44.4 Å². The molecule has 0 atom stereocenters. The van der Waals surface area contributed by atoms with Crippen molar-refractivity contribution >= 4 is 17.9 Å². The first-order valence-corrected chi connectivity index (χ1v) is 9.65. The normalized spacial score (nSPS) is 18.8. The Morgan fingerprint density at radius 1 is 1.08 bits per heavy atom. The minimum Gasteiger partial charge on any atom is -0.492 e. The standard InChI is InChI=1S/C19H28ClN3O2/c1-3-24-17-11-15(12-18(19(17)20)25-4-2)13-22-8-5-16(6-9-22)23-10-7-21-14-23/h11-12,14,16H,3-10,13H2,1-2H3. The molecule has 138 valence electrons. The Morgan fingerprint density at radius 3 is 2.24 bits per heavy atom. The third-order valence-electron chi connectivity index (χ3n) is 4.81. The molecule has 1 aromatic rings. The van der Waals surface area contributed by atoms with Crippen molar-refractivity contribution in [2.75, 3.05) is 39.4 Å². The van der Waals surface area contributed by atoms with Crippen LogP contribution in [0.15, 0.2) is 17.1 Å². The van der Waals surface area contributed by atoms with Crippen molar-refractivity contribution in [3.8, 4) is 11.5 Å². The van der Waals surface area contributed by atoms with E-state index in [4.69, 9.17) is 21.1 Å². The summed E-state index contributed by atoms with van der Waals surface area (Å²) in [6.07, 6.45) is 4.41. The van der Waals surface area contributed by atoms with Crippen molar-refractivity contribution < 1.29 is 9.47 Å². The van der Waals surface area contributed by atoms with Gasteiger partial charge in [-0.25, -0.2) is 0 Å². The number of hydrogen-bond acceptors (Lipinski definition) is 5. The maximum absolute atomic E-state index is 6.39. The molecule has 1 fully saturated rings. The van der Waals surface area contributed by atoms with E-state index in [0.717, 1.165) is 32.7 Å². The molecule has 0 N–H and O–H groups in total. The van der Waals surface area contributed by atoms with Crippen molar-refractivity contribution in [3.05, 3.63) is 22.7 Å². The highest BCUT2D eigenvalue weighted by Crippen LogP contribution is 2.36. The number of ether oxygens (including phenoxy) is 2. The summed E-state index contributed by atoms with van der Waals surface area (Å²) in [6.45, 7) is 10.3. The van der Waals surface area contributed by atoms with E-state index < -0.39 is 0 Å². The lowest BCUT2D eigenvalue weighted by molar-refractivity contribution is 0.155. The van der Waals surface area contributed by atoms with Crippen LogP contribution in [-0.4, -0.2) is 61.6 Å². The minimum atomic E-state index is 0.569. The van der Waals surface area contributed by atoms with Gasteiger partial charge in [0, 0.05) is 32.2 Å². The SMILES string of the molecule is CCOc1cc(CN2CCC(N3C=NCC3)CC2)cc(OCC)c1Cl. The van der Waals surface area contributed by atoms with E-state index in [1.807, 2.05) is 32.3 Å². The van der Waals surface area contributed by atoms with E-state index >= 15 is 0 Å². The Balaban J connectivity index is 1.63. The summed E-state index contributed by atoms with van der Waals surface area (Å²) in [4.78, 5) is 9.24. The van der Waals surface area contributed by atoms with Gasteiger partial charge in [-0.1, -0.05) is 11.6 Å². The van der Waals surface area contributed by atoms with Crippen molar-refractivity contribution in [2.45, 2.75) is 39.3 Å². The van der Waals surface area contributed by atoms with Crippen molar-refractivity contribution in [3.63, 3.8) is 0 Å². The number of piperidine rings is 1. The molecule has 0 amide bonds. The zero-order chi connectivity index (χ0) is 17.6. The van der Waals surface area contributed by atoms with E-state index in [2.05, 4.69) is 14.8 Å². The van der Waals surface area contributed by atoms with Gasteiger partial charge in [-0.2, -0.15) is 0 Å². The van der Waals surface area contributed by atoms with Crippen LogP contribution in [0.1, 0.15) is 32.3 Å². The second-order valence-electron chi connectivity index (χ2n) is 6.54. The molecular weight excluding hydrogens is 338 g/mol. The van der Waals surface area contributed by atoms with Crippen molar-refractivity contribution in [1.29, 1.82) is 0 Å². The van der Waals surface area contributed by atoms with Crippen LogP contribution in [0, 0.1) is 0 Å². The average Bonchev–Trinajstić information content (AvgIpc) is 3.15. The van der Waals surface area contributed by atoms with Crippen LogP contribution in [0.4, 0.5) is 0 Å². The van der Waals surface area contributed by atoms with E-state index in [9.17, 15) is 0 Å². The van der Waals surface area contributed by atoms with E-state index in [1.54, 1.807) is 0 Å². The number of hydrogen-bond donors (Lipinski definition) is 0. The smallest absolute Gasteiger partial charge is 0.141 e. The first kappa shape index (κ1) is 18.3. The van der Waals surface area contributed by atoms with Crippen LogP contribution in [0.3, 0.4) is 0 Å². The molecule has 2 aliphatic rings. The van der Waals surface area contributed by atoms with Gasteiger partial charge in [-0.3, -0.25) is 9.89 Å². The molecule has 1 aromatic carbocycles. The quantitative estimate of drug-likeness (QED) is 0.741. The largest absolute Gasteiger partial charge is 0.492 e. The molecule has 3 rings (SSSR count). The number of benzene rings is 1. The first-order valence-electron chi connectivity index (χ1n) is 9.27. The molecule has 5 nitrogen and oxygen atoms in total. The Labute approximate surface area is 155 Å². The Kier molecular flexibility index (Phi) is 6.43. The van der Waals surface area contributed by atoms with E-state index in [0.29, 0.717) is 35.8 Å². The third kappa shape index (κ3) is 4.59. The molecule has 25 heavy (non-hydrogen) atoms. The lowest BCUT2D eigenvalue weighted by Crippen LogP contribution is -2.43. The van der Waals surface area contributed by atoms with Crippen LogP contribution in [0.5, 0.6) is 11.5 Å². The molecule has 2 heterocycles. The second kappa shape index (κ2) is 8.77. The highest BCUT2D eigenvalue weighted by atomic mass is 35.5. The Morgan fingerprint density at radius 2 is 1.72 bits per heavy atom. The first-order chi connectivity index (χ1) is 12.2. The van der Waals surface area contributed by atoms with Crippen LogP contribution >= 0.6 is 11.6 Å². The highest BCUT2D eigenvalue weighted by molar-refractivity contribution is 6.33. The summed E-state index contributed by atoms with van der Waals surface area (Å²) in [7, 11) is 0. The monoisotopic (exact) mass is 365 g/mol. The zero-order valence-electron chi connectivity index (χ0n) is 15.2. The van der Waals surface area contributed by atoms with Gasteiger partial charge in [0.25, 0.3) is 0 Å². The van der Waals surface area contributed by atoms with E-state index in [1.165, 1.54) is 18.4 Å². The fourth-order valence-corrected chi connectivity index (χ4v) is 3.79. The van der Waals surface area contributed by atoms with Crippen molar-refractivity contribution in [1.82, 2.24) is 9.80 Å². The molecule has 0 unspecified atom stereocenters. The minimum absolute atomic E-state index is 0.569. The molecule has 0 aromatic heterocycles. The summed E-state index contributed by atoms with van der Waals surface area (Å²) in [6, 6.07) is 4.74. The molecule has 6 heteroatoms. The lowest BCUT2D eigenvalue weighted by atomic mass is 10.0. The molecule has 0 radical (unpaired) electrons. The Hall–Kier alpha value is -1.46. The molecule has 0 aliphatic carbocycles. The molecule has 0 bridgehead atoms. The number of nitrogens with zero attached hydrogens (tertiary/aromatic N) is 3. The van der Waals surface area contributed by atoms with Crippen molar-refractivity contribution in [2.24, 2.45) is 4.99 Å². The molecule has 0 spiro atoms. The summed E-state index contributed by atoms with van der Waals surface area (Å²) < 4.78 is 11.4. The predicted molar refractivity (Wildman–Crippen MR) is 102 cm³/mol. The maximum atomic E-state index is 6.39. The molecule has 0 saturated carbocycles. The second-order valence-corrected chi connectivity index (χ2v) is 6.92. The van der Waals surface area contributed by atoms with Crippen LogP contribution in [0.25, 0.3) is 0 Å². The zero-order valence-corrected chi connectivity index (χ0v) is 16.0. The summed E-state index contributed by atoms with van der Waals surface area (Å²) >= 11 is 6.39. The van der Waals surface area contributed by atoms with Gasteiger partial charge >= 0.3 is 0 Å². The van der Waals surface area contributed by atoms with Crippen LogP contribution in [-0.2, 0) is 6.54 Å². The number of likely N-dealkylation sites (tertiary alicyclic amines) is 1. The van der Waals surface area contributed by atoms with Gasteiger partial charge in [0.1, 0.15) is 16.5 Å². The average molecular weight is 366 g/mol. The number of rotatable bonds is 7. The third-order valence-corrected chi connectivity index (χ3v) is 5.19. The lowest BCUT2D eigenvalue weighted by Gasteiger charge is -2.36. The van der Waals surface area contributed by atoms with Gasteiger partial charge in [0.2, 0.25) is 0 Å². The summed E-state index contributed by atoms with van der Waals surface area (Å²) in [5.74, 6) is 1.43. The van der Waals surface area contributed by atoms with Gasteiger partial charge < -0.3 is 14.4 Å². The molecule has 2 aliphatic heterocycles. The predicted octanol–water partition coefficient (Wildman–Crippen LogP) is 3.45. The maximum Gasteiger partial charge on any atom is 0.141 e. The fraction of sp³-hybridized carbons (Fsp3) is 0.632. The summed E-state index contributed by atoms with van der Waals surface area (Å²) in [5, 5.41) is 0.569. The molecular formula is C19H28ClN3O2. The number of aliphatic imine (C=N–C) groups is 1. The summed E-state index contributed by atoms with van der Waals surface area (Å²) in [5.41, 5.74) is 1.19. The highest BCUT2D eigenvalue weighted by Gasteiger charge is 2.24. The van der Waals surface area contributed by atoms with E-state index in [-0.39, 0.29) is 0 Å². The Bertz CT molecular complexity index is 573. The fourth-order valence-electron chi connectivity index (χ4n) is 3.58.